The van der Waals surface area contributed by atoms with E-state index in [1.807, 2.05) is 0 Å². The molecule has 0 aromatic heterocycles. The van der Waals surface area contributed by atoms with Gasteiger partial charge < -0.3 is 18.9 Å². The van der Waals surface area contributed by atoms with Crippen LogP contribution in [0, 0.1) is 23.7 Å². The second-order valence-corrected chi connectivity index (χ2v) is 11.3. The number of halogens is 6. The van der Waals surface area contributed by atoms with E-state index in [0.717, 1.165) is 24.3 Å². The highest BCUT2D eigenvalue weighted by Crippen LogP contribution is 2.34. The number of hydrogen-bond acceptors (Lipinski definition) is 9. The SMILES string of the molecule is C=CC(=O)Oc1ccc(C#Cc2c(OC(=O)C(=C)C(F)(F)F)cc(C#Cc3ccc(C(=O)c4ccc(OC(=O)C=C)cc4)cc3)cc2OC(=O)C(=C)C(F)(F)F)cc1. The van der Waals surface area contributed by atoms with Crippen molar-refractivity contribution in [2.45, 2.75) is 12.4 Å². The topological polar surface area (TPSA) is 122 Å². The van der Waals surface area contributed by atoms with E-state index >= 15 is 0 Å². The molecule has 4 rings (SSSR count). The zero-order valence-electron chi connectivity index (χ0n) is 29.5. The molecular weight excluding hydrogens is 774 g/mol. The predicted molar refractivity (Wildman–Crippen MR) is 194 cm³/mol. The van der Waals surface area contributed by atoms with Crippen molar-refractivity contribution in [3.63, 3.8) is 0 Å². The fraction of sp³-hybridized carbons (Fsp3) is 0.0465. The van der Waals surface area contributed by atoms with E-state index in [9.17, 15) is 50.3 Å². The lowest BCUT2D eigenvalue weighted by atomic mass is 10.0. The molecule has 58 heavy (non-hydrogen) atoms. The lowest BCUT2D eigenvalue weighted by Crippen LogP contribution is -2.24. The second-order valence-electron chi connectivity index (χ2n) is 11.3. The number of alkyl halides is 6. The van der Waals surface area contributed by atoms with E-state index < -0.39 is 70.2 Å². The molecule has 0 N–H and O–H groups in total. The van der Waals surface area contributed by atoms with Crippen molar-refractivity contribution in [1.82, 2.24) is 0 Å². The third-order valence-corrected chi connectivity index (χ3v) is 7.22. The van der Waals surface area contributed by atoms with Gasteiger partial charge in [-0.2, -0.15) is 26.3 Å². The maximum atomic E-state index is 13.4. The number of benzene rings is 4. The van der Waals surface area contributed by atoms with Crippen molar-refractivity contribution in [2.24, 2.45) is 0 Å². The lowest BCUT2D eigenvalue weighted by Gasteiger charge is -2.15. The summed E-state index contributed by atoms with van der Waals surface area (Å²) in [4.78, 5) is 61.0. The fourth-order valence-electron chi connectivity index (χ4n) is 4.25. The maximum Gasteiger partial charge on any atom is 0.422 e. The highest BCUT2D eigenvalue weighted by Gasteiger charge is 2.40. The minimum atomic E-state index is -5.26. The molecule has 0 spiro atoms. The van der Waals surface area contributed by atoms with Gasteiger partial charge >= 0.3 is 36.2 Å². The first kappa shape index (κ1) is 42.8. The summed E-state index contributed by atoms with van der Waals surface area (Å²) in [6.45, 7) is 11.9. The van der Waals surface area contributed by atoms with Gasteiger partial charge in [-0.05, 0) is 84.9 Å². The summed E-state index contributed by atoms with van der Waals surface area (Å²) in [6, 6.07) is 18.4. The van der Waals surface area contributed by atoms with Crippen LogP contribution < -0.4 is 18.9 Å². The van der Waals surface area contributed by atoms with Gasteiger partial charge in [-0.15, -0.1) is 0 Å². The van der Waals surface area contributed by atoms with Gasteiger partial charge in [-0.1, -0.05) is 50.0 Å². The Labute approximate surface area is 325 Å². The van der Waals surface area contributed by atoms with Gasteiger partial charge in [0.25, 0.3) is 0 Å². The highest BCUT2D eigenvalue weighted by atomic mass is 19.4. The Morgan fingerprint density at radius 3 is 1.24 bits per heavy atom. The van der Waals surface area contributed by atoms with Crippen LogP contribution in [0.15, 0.2) is 135 Å². The average Bonchev–Trinajstić information content (AvgIpc) is 3.19. The van der Waals surface area contributed by atoms with Gasteiger partial charge in [0.15, 0.2) is 17.3 Å². The third-order valence-electron chi connectivity index (χ3n) is 7.22. The Balaban J connectivity index is 1.77. The van der Waals surface area contributed by atoms with Crippen LogP contribution in [-0.2, 0) is 19.2 Å². The Kier molecular flexibility index (Phi) is 13.4. The minimum absolute atomic E-state index is 0.0696. The summed E-state index contributed by atoms with van der Waals surface area (Å²) in [6.07, 6.45) is -8.63. The Hall–Kier alpha value is -7.91. The monoisotopic (exact) mass is 798 g/mol. The van der Waals surface area contributed by atoms with E-state index in [0.29, 0.717) is 0 Å². The standard InChI is InChI=1S/C43H24F6O9/c1-5-37(50)55-32-18-11-28(12-19-32)13-22-34-35(57-40(53)25(3)42(44,45)46)23-29(24-36(34)58-41(54)26(4)43(47,48)49)8-7-27-9-14-30(15-10-27)39(52)31-16-20-33(21-17-31)56-38(51)6-2/h5-6,9-12,14-21,23-24H,1-4H2. The summed E-state index contributed by atoms with van der Waals surface area (Å²) in [5, 5.41) is 0. The van der Waals surface area contributed by atoms with Crippen molar-refractivity contribution in [2.75, 3.05) is 0 Å². The van der Waals surface area contributed by atoms with Crippen LogP contribution in [0.5, 0.6) is 23.0 Å². The molecule has 0 fully saturated rings. The number of ether oxygens (including phenoxy) is 4. The molecule has 0 bridgehead atoms. The molecule has 0 aliphatic heterocycles. The number of ketones is 1. The largest absolute Gasteiger partial charge is 0.423 e. The van der Waals surface area contributed by atoms with Crippen LogP contribution in [0.4, 0.5) is 26.3 Å². The normalized spacial score (nSPS) is 10.6. The molecule has 0 unspecified atom stereocenters. The predicted octanol–water partition coefficient (Wildman–Crippen LogP) is 7.95. The number of rotatable bonds is 10. The maximum absolute atomic E-state index is 13.4. The summed E-state index contributed by atoms with van der Waals surface area (Å²) in [5.74, 6) is 2.91. The van der Waals surface area contributed by atoms with E-state index in [-0.39, 0.29) is 39.3 Å². The lowest BCUT2D eigenvalue weighted by molar-refractivity contribution is -0.143. The second kappa shape index (κ2) is 18.1. The van der Waals surface area contributed by atoms with Crippen LogP contribution in [0.3, 0.4) is 0 Å². The van der Waals surface area contributed by atoms with Gasteiger partial charge in [0.2, 0.25) is 0 Å². The molecule has 0 aliphatic carbocycles. The molecule has 0 radical (unpaired) electrons. The smallest absolute Gasteiger partial charge is 0.422 e. The summed E-state index contributed by atoms with van der Waals surface area (Å²) in [7, 11) is 0. The summed E-state index contributed by atoms with van der Waals surface area (Å²) < 4.78 is 100. The molecule has 292 valence electrons. The molecule has 0 saturated heterocycles. The molecular formula is C43H24F6O9. The molecule has 0 amide bonds. The fourth-order valence-corrected chi connectivity index (χ4v) is 4.25. The number of esters is 4. The van der Waals surface area contributed by atoms with Crippen LogP contribution in [0.1, 0.15) is 38.2 Å². The highest BCUT2D eigenvalue weighted by molar-refractivity contribution is 6.09. The van der Waals surface area contributed by atoms with Gasteiger partial charge in [0.1, 0.15) is 28.2 Å². The van der Waals surface area contributed by atoms with Crippen molar-refractivity contribution >= 4 is 29.7 Å². The van der Waals surface area contributed by atoms with Crippen molar-refractivity contribution in [3.8, 4) is 46.7 Å². The van der Waals surface area contributed by atoms with E-state index in [4.69, 9.17) is 18.9 Å². The molecule has 0 aliphatic rings. The van der Waals surface area contributed by atoms with Crippen molar-refractivity contribution in [3.05, 3.63) is 168 Å². The quantitative estimate of drug-likeness (QED) is 0.0393. The van der Waals surface area contributed by atoms with E-state index in [2.05, 4.69) is 50.0 Å². The summed E-state index contributed by atoms with van der Waals surface area (Å²) >= 11 is 0. The molecule has 4 aromatic rings. The van der Waals surface area contributed by atoms with Gasteiger partial charge in [0.05, 0.1) is 0 Å². The number of hydrogen-bond donors (Lipinski definition) is 0. The minimum Gasteiger partial charge on any atom is -0.423 e. The number of carbonyl (C=O) groups is 5. The van der Waals surface area contributed by atoms with Gasteiger partial charge in [-0.3, -0.25) is 4.79 Å². The molecule has 15 heteroatoms. The van der Waals surface area contributed by atoms with E-state index in [1.165, 1.54) is 72.8 Å². The first-order valence-corrected chi connectivity index (χ1v) is 16.0. The Bertz CT molecular complexity index is 2410. The summed E-state index contributed by atoms with van der Waals surface area (Å²) in [5.41, 5.74) is -3.97. The van der Waals surface area contributed by atoms with Crippen LogP contribution in [0.2, 0.25) is 0 Å². The Morgan fingerprint density at radius 2 is 0.845 bits per heavy atom. The average molecular weight is 799 g/mol. The molecule has 9 nitrogen and oxygen atoms in total. The first-order valence-electron chi connectivity index (χ1n) is 16.0. The zero-order valence-corrected chi connectivity index (χ0v) is 29.5. The first-order chi connectivity index (χ1) is 27.3. The number of carbonyl (C=O) groups excluding carboxylic acids is 5. The molecule has 0 saturated carbocycles. The van der Waals surface area contributed by atoms with Gasteiger partial charge in [0, 0.05) is 40.0 Å². The molecule has 0 atom stereocenters. The van der Waals surface area contributed by atoms with Crippen molar-refractivity contribution in [1.29, 1.82) is 0 Å². The van der Waals surface area contributed by atoms with Crippen LogP contribution in [-0.4, -0.2) is 42.0 Å². The molecule has 0 heterocycles. The van der Waals surface area contributed by atoms with E-state index in [1.54, 1.807) is 0 Å². The van der Waals surface area contributed by atoms with Crippen molar-refractivity contribution < 1.29 is 69.3 Å². The molecule has 4 aromatic carbocycles. The third kappa shape index (κ3) is 11.5. The van der Waals surface area contributed by atoms with Gasteiger partial charge in [-0.25, -0.2) is 19.2 Å². The zero-order chi connectivity index (χ0) is 42.8. The van der Waals surface area contributed by atoms with Crippen LogP contribution >= 0.6 is 0 Å². The Morgan fingerprint density at radius 1 is 0.500 bits per heavy atom. The van der Waals surface area contributed by atoms with Crippen LogP contribution in [0.25, 0.3) is 0 Å².